The zero-order valence-electron chi connectivity index (χ0n) is 17.8. The predicted octanol–water partition coefficient (Wildman–Crippen LogP) is 3.66. The Balaban J connectivity index is 1.30. The van der Waals surface area contributed by atoms with Gasteiger partial charge in [0, 0.05) is 35.6 Å². The van der Waals surface area contributed by atoms with Gasteiger partial charge < -0.3 is 20.0 Å². The maximum absolute atomic E-state index is 12.5. The van der Waals surface area contributed by atoms with Crippen LogP contribution in [0.2, 0.25) is 0 Å². The van der Waals surface area contributed by atoms with E-state index in [-0.39, 0.29) is 17.9 Å². The number of hydrogen-bond donors (Lipinski definition) is 2. The Morgan fingerprint density at radius 3 is 2.91 bits per heavy atom. The van der Waals surface area contributed by atoms with Crippen LogP contribution in [-0.2, 0) is 4.79 Å². The maximum atomic E-state index is 12.5. The minimum Gasteiger partial charge on any atom is -0.457 e. The SMILES string of the molecule is CN1CCCC(NC(=O)c2ccc(-c3ccc(/C=C4/C(=O)Nc5ccccc54)o3)cn2)C1. The number of nitrogens with zero attached hydrogens (tertiary/aromatic N) is 2. The number of benzene rings is 1. The highest BCUT2D eigenvalue weighted by atomic mass is 16.3. The van der Waals surface area contributed by atoms with Gasteiger partial charge in [-0.2, -0.15) is 0 Å². The highest BCUT2D eigenvalue weighted by Gasteiger charge is 2.24. The lowest BCUT2D eigenvalue weighted by Crippen LogP contribution is -2.46. The number of fused-ring (bicyclic) bond motifs is 1. The first-order chi connectivity index (χ1) is 15.6. The van der Waals surface area contributed by atoms with Crippen molar-refractivity contribution in [1.29, 1.82) is 0 Å². The Kier molecular flexibility index (Phi) is 5.33. The number of para-hydroxylation sites is 1. The summed E-state index contributed by atoms with van der Waals surface area (Å²) in [5, 5.41) is 5.92. The number of pyridine rings is 1. The second-order valence-electron chi connectivity index (χ2n) is 8.27. The third kappa shape index (κ3) is 4.07. The van der Waals surface area contributed by atoms with E-state index >= 15 is 0 Å². The summed E-state index contributed by atoms with van der Waals surface area (Å²) in [6.07, 6.45) is 5.44. The van der Waals surface area contributed by atoms with Crippen molar-refractivity contribution in [2.45, 2.75) is 18.9 Å². The quantitative estimate of drug-likeness (QED) is 0.620. The monoisotopic (exact) mass is 428 g/mol. The Bertz CT molecular complexity index is 1200. The lowest BCUT2D eigenvalue weighted by atomic mass is 10.1. The van der Waals surface area contributed by atoms with Crippen LogP contribution in [0.5, 0.6) is 0 Å². The smallest absolute Gasteiger partial charge is 0.270 e. The van der Waals surface area contributed by atoms with Gasteiger partial charge in [-0.3, -0.25) is 14.6 Å². The van der Waals surface area contributed by atoms with Gasteiger partial charge >= 0.3 is 0 Å². The van der Waals surface area contributed by atoms with Gasteiger partial charge in [-0.1, -0.05) is 18.2 Å². The first-order valence-electron chi connectivity index (χ1n) is 10.7. The average Bonchev–Trinajstić information content (AvgIpc) is 3.39. The van der Waals surface area contributed by atoms with Crippen LogP contribution >= 0.6 is 0 Å². The molecule has 2 N–H and O–H groups in total. The second kappa shape index (κ2) is 8.43. The van der Waals surface area contributed by atoms with Crippen molar-refractivity contribution in [2.75, 3.05) is 25.5 Å². The van der Waals surface area contributed by atoms with Gasteiger partial charge in [-0.15, -0.1) is 0 Å². The molecule has 2 amide bonds. The highest BCUT2D eigenvalue weighted by Crippen LogP contribution is 2.33. The van der Waals surface area contributed by atoms with Crippen molar-refractivity contribution in [3.8, 4) is 11.3 Å². The topological polar surface area (TPSA) is 87.5 Å². The van der Waals surface area contributed by atoms with Gasteiger partial charge in [0.05, 0.1) is 5.57 Å². The lowest BCUT2D eigenvalue weighted by Gasteiger charge is -2.30. The van der Waals surface area contributed by atoms with Gasteiger partial charge in [0.15, 0.2) is 0 Å². The minimum atomic E-state index is -0.160. The van der Waals surface area contributed by atoms with Gasteiger partial charge in [0.1, 0.15) is 17.2 Å². The van der Waals surface area contributed by atoms with Crippen molar-refractivity contribution in [2.24, 2.45) is 0 Å². The van der Waals surface area contributed by atoms with Gasteiger partial charge in [-0.25, -0.2) is 0 Å². The third-order valence-electron chi connectivity index (χ3n) is 5.86. The van der Waals surface area contributed by atoms with Gasteiger partial charge in [-0.05, 0) is 62.8 Å². The molecule has 2 aliphatic heterocycles. The molecule has 2 aromatic heterocycles. The molecule has 1 aromatic carbocycles. The van der Waals surface area contributed by atoms with Crippen LogP contribution < -0.4 is 10.6 Å². The zero-order valence-corrected chi connectivity index (χ0v) is 17.8. The van der Waals surface area contributed by atoms with Crippen LogP contribution in [-0.4, -0.2) is 47.9 Å². The summed E-state index contributed by atoms with van der Waals surface area (Å²) in [6.45, 7) is 1.93. The molecular formula is C25H24N4O3. The molecule has 0 bridgehead atoms. The second-order valence-corrected chi connectivity index (χ2v) is 8.27. The van der Waals surface area contributed by atoms with E-state index in [1.807, 2.05) is 42.5 Å². The average molecular weight is 428 g/mol. The number of likely N-dealkylation sites (N-methyl/N-ethyl adjacent to an activating group) is 1. The van der Waals surface area contributed by atoms with E-state index in [4.69, 9.17) is 4.42 Å². The van der Waals surface area contributed by atoms with E-state index in [0.29, 0.717) is 22.8 Å². The van der Waals surface area contributed by atoms with E-state index in [1.165, 1.54) is 0 Å². The highest BCUT2D eigenvalue weighted by molar-refractivity contribution is 6.34. The number of furan rings is 1. The molecule has 0 spiro atoms. The molecule has 0 saturated carbocycles. The molecular weight excluding hydrogens is 404 g/mol. The van der Waals surface area contributed by atoms with Crippen LogP contribution in [0.25, 0.3) is 23.0 Å². The molecule has 1 fully saturated rings. The Hall–Kier alpha value is -3.71. The largest absolute Gasteiger partial charge is 0.457 e. The number of hydrogen-bond acceptors (Lipinski definition) is 5. The third-order valence-corrected chi connectivity index (χ3v) is 5.86. The first kappa shape index (κ1) is 20.2. The summed E-state index contributed by atoms with van der Waals surface area (Å²) in [5.74, 6) is 0.889. The number of amides is 2. The molecule has 1 saturated heterocycles. The minimum absolute atomic E-state index is 0.148. The van der Waals surface area contributed by atoms with Crippen molar-refractivity contribution in [1.82, 2.24) is 15.2 Å². The van der Waals surface area contributed by atoms with Crippen molar-refractivity contribution in [3.05, 3.63) is 71.7 Å². The van der Waals surface area contributed by atoms with Crippen molar-refractivity contribution >= 4 is 29.2 Å². The number of piperidine rings is 1. The molecule has 4 heterocycles. The summed E-state index contributed by atoms with van der Waals surface area (Å²) in [5.41, 5.74) is 3.38. The number of rotatable bonds is 4. The summed E-state index contributed by atoms with van der Waals surface area (Å²) in [4.78, 5) is 31.4. The van der Waals surface area contributed by atoms with Crippen LogP contribution in [0.4, 0.5) is 5.69 Å². The van der Waals surface area contributed by atoms with E-state index in [2.05, 4.69) is 27.6 Å². The predicted molar refractivity (Wildman–Crippen MR) is 123 cm³/mol. The van der Waals surface area contributed by atoms with Crippen molar-refractivity contribution in [3.63, 3.8) is 0 Å². The Morgan fingerprint density at radius 2 is 2.09 bits per heavy atom. The number of aromatic nitrogens is 1. The fourth-order valence-electron chi connectivity index (χ4n) is 4.23. The van der Waals surface area contributed by atoms with E-state index in [9.17, 15) is 9.59 Å². The lowest BCUT2D eigenvalue weighted by molar-refractivity contribution is -0.110. The summed E-state index contributed by atoms with van der Waals surface area (Å²) in [7, 11) is 2.07. The standard InChI is InChI=1S/C25H24N4O3/c1-29-12-4-5-17(15-29)27-25(31)22-10-8-16(14-26-22)23-11-9-18(32-23)13-20-19-6-2-3-7-21(19)28-24(20)30/h2-3,6-11,13-14,17H,4-5,12,15H2,1H3,(H,27,31)(H,28,30)/b20-13+. The normalized spacial score (nSPS) is 19.6. The van der Waals surface area contributed by atoms with Crippen LogP contribution in [0.3, 0.4) is 0 Å². The molecule has 7 heteroatoms. The molecule has 32 heavy (non-hydrogen) atoms. The molecule has 1 unspecified atom stereocenters. The molecule has 0 radical (unpaired) electrons. The fourth-order valence-corrected chi connectivity index (χ4v) is 4.23. The molecule has 2 aliphatic rings. The molecule has 1 atom stereocenters. The van der Waals surface area contributed by atoms with E-state index in [0.717, 1.165) is 42.7 Å². The summed E-state index contributed by atoms with van der Waals surface area (Å²) in [6, 6.07) is 14.9. The Labute approximate surface area is 186 Å². The fraction of sp³-hybridized carbons (Fsp3) is 0.240. The van der Waals surface area contributed by atoms with Crippen LogP contribution in [0, 0.1) is 0 Å². The molecule has 3 aromatic rings. The zero-order chi connectivity index (χ0) is 22.1. The maximum Gasteiger partial charge on any atom is 0.270 e. The van der Waals surface area contributed by atoms with E-state index in [1.54, 1.807) is 18.3 Å². The molecule has 7 nitrogen and oxygen atoms in total. The Morgan fingerprint density at radius 1 is 1.22 bits per heavy atom. The number of anilines is 1. The summed E-state index contributed by atoms with van der Waals surface area (Å²) < 4.78 is 5.93. The van der Waals surface area contributed by atoms with Gasteiger partial charge in [0.25, 0.3) is 11.8 Å². The molecule has 5 rings (SSSR count). The first-order valence-corrected chi connectivity index (χ1v) is 10.7. The number of carbonyl (C=O) groups excluding carboxylic acids is 2. The van der Waals surface area contributed by atoms with Crippen LogP contribution in [0.15, 0.2) is 59.1 Å². The van der Waals surface area contributed by atoms with Crippen molar-refractivity contribution < 1.29 is 14.0 Å². The molecule has 0 aliphatic carbocycles. The summed E-state index contributed by atoms with van der Waals surface area (Å²) >= 11 is 0. The number of likely N-dealkylation sites (tertiary alicyclic amines) is 1. The van der Waals surface area contributed by atoms with Gasteiger partial charge in [0.2, 0.25) is 0 Å². The number of carbonyl (C=O) groups is 2. The van der Waals surface area contributed by atoms with E-state index < -0.39 is 0 Å². The van der Waals surface area contributed by atoms with Crippen LogP contribution in [0.1, 0.15) is 34.7 Å². The number of nitrogens with one attached hydrogen (secondary N) is 2. The molecule has 162 valence electrons.